The van der Waals surface area contributed by atoms with Crippen molar-refractivity contribution in [1.82, 2.24) is 0 Å². The van der Waals surface area contributed by atoms with Crippen LogP contribution >= 0.6 is 50.1 Å². The van der Waals surface area contributed by atoms with E-state index in [2.05, 4.69) is 15.9 Å². The van der Waals surface area contributed by atoms with E-state index >= 15 is 0 Å². The molecule has 0 N–H and O–H groups in total. The van der Waals surface area contributed by atoms with Crippen LogP contribution in [0.1, 0.15) is 5.56 Å². The zero-order valence-electron chi connectivity index (χ0n) is 9.09. The molecule has 0 aliphatic carbocycles. The molecule has 0 atom stereocenters. The minimum Gasteiger partial charge on any atom is -0.486 e. The van der Waals surface area contributed by atoms with E-state index in [1.54, 1.807) is 0 Å². The minimum absolute atomic E-state index is 0.163. The summed E-state index contributed by atoms with van der Waals surface area (Å²) < 4.78 is 20.3. The fourth-order valence-electron chi connectivity index (χ4n) is 1.39. The van der Waals surface area contributed by atoms with Crippen LogP contribution in [-0.2, 0) is 6.61 Å². The maximum Gasteiger partial charge on any atom is 0.179 e. The third kappa shape index (κ3) is 3.16. The smallest absolute Gasteiger partial charge is 0.179 e. The number of hydrogen-bond donors (Lipinski definition) is 0. The van der Waals surface area contributed by atoms with E-state index in [0.29, 0.717) is 19.7 Å². The van der Waals surface area contributed by atoms with Gasteiger partial charge >= 0.3 is 0 Å². The molecule has 0 spiro atoms. The second-order valence-corrected chi connectivity index (χ2v) is 5.85. The Morgan fingerprint density at radius 2 is 1.94 bits per heavy atom. The number of rotatable bonds is 3. The highest BCUT2D eigenvalue weighted by atomic mass is 127. The van der Waals surface area contributed by atoms with Gasteiger partial charge in [0.25, 0.3) is 0 Å². The lowest BCUT2D eigenvalue weighted by atomic mass is 10.2. The van der Waals surface area contributed by atoms with E-state index < -0.39 is 5.82 Å². The molecule has 0 radical (unpaired) electrons. The molecule has 0 aliphatic heterocycles. The fraction of sp³-hybridized carbons (Fsp3) is 0.0769. The first-order chi connectivity index (χ1) is 8.59. The summed E-state index contributed by atoms with van der Waals surface area (Å²) in [4.78, 5) is 0. The second kappa shape index (κ2) is 6.21. The normalized spacial score (nSPS) is 10.4. The van der Waals surface area contributed by atoms with Crippen LogP contribution < -0.4 is 4.74 Å². The first kappa shape index (κ1) is 14.1. The molecular weight excluding hydrogens is 433 g/mol. The maximum atomic E-state index is 13.9. The Morgan fingerprint density at radius 1 is 1.28 bits per heavy atom. The Hall–Kier alpha value is -0.330. The molecule has 5 heteroatoms. The van der Waals surface area contributed by atoms with Gasteiger partial charge in [0, 0.05) is 6.07 Å². The molecule has 0 saturated carbocycles. The van der Waals surface area contributed by atoms with Crippen molar-refractivity contribution in [1.29, 1.82) is 0 Å². The van der Waals surface area contributed by atoms with Crippen molar-refractivity contribution in [3.05, 3.63) is 60.8 Å². The van der Waals surface area contributed by atoms with E-state index in [1.165, 1.54) is 6.07 Å². The fourth-order valence-corrected chi connectivity index (χ4v) is 2.59. The van der Waals surface area contributed by atoms with Crippen LogP contribution in [0.25, 0.3) is 0 Å². The maximum absolute atomic E-state index is 13.9. The average molecular weight is 441 g/mol. The summed E-state index contributed by atoms with van der Waals surface area (Å²) in [6.45, 7) is 0.311. The van der Waals surface area contributed by atoms with Crippen molar-refractivity contribution < 1.29 is 9.13 Å². The standard InChI is InChI=1S/C13H8BrClFIO/c14-11-9(15)6-10(12(16)13(11)17)18-7-8-4-2-1-3-5-8/h1-6H,7H2. The van der Waals surface area contributed by atoms with E-state index in [4.69, 9.17) is 16.3 Å². The highest BCUT2D eigenvalue weighted by Crippen LogP contribution is 2.35. The van der Waals surface area contributed by atoms with E-state index in [-0.39, 0.29) is 5.75 Å². The predicted octanol–water partition coefficient (Wildman–Crippen LogP) is 5.43. The molecule has 0 bridgehead atoms. The molecule has 0 aromatic heterocycles. The lowest BCUT2D eigenvalue weighted by Crippen LogP contribution is -1.99. The monoisotopic (exact) mass is 440 g/mol. The van der Waals surface area contributed by atoms with E-state index in [1.807, 2.05) is 52.9 Å². The molecular formula is C13H8BrClFIO. The molecule has 18 heavy (non-hydrogen) atoms. The third-order valence-electron chi connectivity index (χ3n) is 2.31. The summed E-state index contributed by atoms with van der Waals surface area (Å²) in [6, 6.07) is 11.1. The molecule has 1 nitrogen and oxygen atoms in total. The number of benzene rings is 2. The van der Waals surface area contributed by atoms with Gasteiger partial charge in [0.2, 0.25) is 0 Å². The molecule has 2 aromatic rings. The SMILES string of the molecule is Fc1c(OCc2ccccc2)cc(Cl)c(Br)c1I. The largest absolute Gasteiger partial charge is 0.486 e. The Kier molecular flexibility index (Phi) is 4.86. The van der Waals surface area contributed by atoms with Gasteiger partial charge in [-0.05, 0) is 44.1 Å². The molecule has 2 aromatic carbocycles. The summed E-state index contributed by atoms with van der Waals surface area (Å²) in [5.41, 5.74) is 0.978. The minimum atomic E-state index is -0.400. The summed E-state index contributed by atoms with van der Waals surface area (Å²) in [5, 5.41) is 0.434. The lowest BCUT2D eigenvalue weighted by molar-refractivity contribution is 0.289. The summed E-state index contributed by atoms with van der Waals surface area (Å²) >= 11 is 11.1. The molecule has 0 fully saturated rings. The van der Waals surface area contributed by atoms with E-state index in [9.17, 15) is 4.39 Å². The molecule has 2 rings (SSSR count). The van der Waals surface area contributed by atoms with Crippen LogP contribution in [0.5, 0.6) is 5.75 Å². The van der Waals surface area contributed by atoms with Crippen LogP contribution in [0.4, 0.5) is 4.39 Å². The van der Waals surface area contributed by atoms with Crippen LogP contribution in [0.2, 0.25) is 5.02 Å². The molecule has 0 heterocycles. The van der Waals surface area contributed by atoms with Crippen LogP contribution in [0.3, 0.4) is 0 Å². The van der Waals surface area contributed by atoms with Gasteiger partial charge in [-0.2, -0.15) is 0 Å². The van der Waals surface area contributed by atoms with Crippen molar-refractivity contribution in [3.63, 3.8) is 0 Å². The van der Waals surface area contributed by atoms with Gasteiger partial charge in [-0.15, -0.1) is 0 Å². The van der Waals surface area contributed by atoms with Crippen LogP contribution in [0, 0.1) is 9.39 Å². The van der Waals surface area contributed by atoms with Gasteiger partial charge in [-0.3, -0.25) is 0 Å². The summed E-state index contributed by atoms with van der Waals surface area (Å²) in [6.07, 6.45) is 0. The van der Waals surface area contributed by atoms with Crippen molar-refractivity contribution in [2.45, 2.75) is 6.61 Å². The van der Waals surface area contributed by atoms with Gasteiger partial charge in [-0.1, -0.05) is 41.9 Å². The van der Waals surface area contributed by atoms with Crippen molar-refractivity contribution in [3.8, 4) is 5.75 Å². The number of hydrogen-bond acceptors (Lipinski definition) is 1. The third-order valence-corrected chi connectivity index (χ3v) is 5.41. The van der Waals surface area contributed by atoms with Crippen LogP contribution in [-0.4, -0.2) is 0 Å². The van der Waals surface area contributed by atoms with Crippen molar-refractivity contribution in [2.75, 3.05) is 0 Å². The Labute approximate surface area is 132 Å². The highest BCUT2D eigenvalue weighted by molar-refractivity contribution is 14.1. The Morgan fingerprint density at radius 3 is 2.61 bits per heavy atom. The van der Waals surface area contributed by atoms with E-state index in [0.717, 1.165) is 5.56 Å². The van der Waals surface area contributed by atoms with Gasteiger partial charge in [0.15, 0.2) is 11.6 Å². The Balaban J connectivity index is 2.20. The Bertz CT molecular complexity index is 563. The molecule has 94 valence electrons. The quantitative estimate of drug-likeness (QED) is 0.351. The molecule has 0 aliphatic rings. The van der Waals surface area contributed by atoms with Gasteiger partial charge in [0.05, 0.1) is 13.1 Å². The van der Waals surface area contributed by atoms with Gasteiger partial charge < -0.3 is 4.74 Å². The first-order valence-corrected chi connectivity index (χ1v) is 7.34. The second-order valence-electron chi connectivity index (χ2n) is 3.57. The number of halogens is 4. The van der Waals surface area contributed by atoms with Gasteiger partial charge in [0.1, 0.15) is 6.61 Å². The molecule has 0 amide bonds. The zero-order chi connectivity index (χ0) is 13.1. The van der Waals surface area contributed by atoms with Crippen molar-refractivity contribution >= 4 is 50.1 Å². The van der Waals surface area contributed by atoms with Crippen molar-refractivity contribution in [2.24, 2.45) is 0 Å². The molecule has 0 unspecified atom stereocenters. The van der Waals surface area contributed by atoms with Gasteiger partial charge in [-0.25, -0.2) is 4.39 Å². The first-order valence-electron chi connectivity index (χ1n) is 5.09. The molecule has 0 saturated heterocycles. The summed E-state index contributed by atoms with van der Waals surface area (Å²) in [5.74, 6) is -0.237. The lowest BCUT2D eigenvalue weighted by Gasteiger charge is -2.10. The van der Waals surface area contributed by atoms with Crippen LogP contribution in [0.15, 0.2) is 40.9 Å². The summed E-state index contributed by atoms with van der Waals surface area (Å²) in [7, 11) is 0. The predicted molar refractivity (Wildman–Crippen MR) is 82.6 cm³/mol. The zero-order valence-corrected chi connectivity index (χ0v) is 13.6. The highest BCUT2D eigenvalue weighted by Gasteiger charge is 2.14. The number of ether oxygens (including phenoxy) is 1. The average Bonchev–Trinajstić information content (AvgIpc) is 2.40. The topological polar surface area (TPSA) is 9.23 Å².